The van der Waals surface area contributed by atoms with Crippen molar-refractivity contribution in [2.45, 2.75) is 20.3 Å². The molecule has 0 heterocycles. The Bertz CT molecular complexity index is 466. The van der Waals surface area contributed by atoms with E-state index in [1.807, 2.05) is 0 Å². The van der Waals surface area contributed by atoms with Crippen LogP contribution in [0.1, 0.15) is 20.3 Å². The van der Waals surface area contributed by atoms with Crippen molar-refractivity contribution in [2.75, 3.05) is 5.73 Å². The lowest BCUT2D eigenvalue weighted by molar-refractivity contribution is 0.411. The van der Waals surface area contributed by atoms with Crippen LogP contribution in [0.4, 0.5) is 5.69 Å². The molecule has 3 heteroatoms. The van der Waals surface area contributed by atoms with E-state index < -0.39 is 0 Å². The van der Waals surface area contributed by atoms with E-state index in [1.54, 1.807) is 48.5 Å². The monoisotopic (exact) mass is 245 g/mol. The highest BCUT2D eigenvalue weighted by molar-refractivity contribution is 5.45. The molecule has 0 spiro atoms. The maximum atomic E-state index is 9.48. The molecule has 0 saturated carbocycles. The molecule has 0 fully saturated rings. The molecule has 2 aromatic carbocycles. The van der Waals surface area contributed by atoms with Gasteiger partial charge in [-0.2, -0.15) is 0 Å². The van der Waals surface area contributed by atoms with E-state index >= 15 is 0 Å². The average molecular weight is 245 g/mol. The van der Waals surface area contributed by atoms with Gasteiger partial charge < -0.3 is 15.6 Å². The topological polar surface area (TPSA) is 55.5 Å². The number of phenols is 1. The Morgan fingerprint density at radius 2 is 1.56 bits per heavy atom. The van der Waals surface area contributed by atoms with Gasteiger partial charge >= 0.3 is 0 Å². The summed E-state index contributed by atoms with van der Waals surface area (Å²) >= 11 is 0. The van der Waals surface area contributed by atoms with Crippen molar-refractivity contribution in [3.63, 3.8) is 0 Å². The molecule has 0 aliphatic heterocycles. The zero-order valence-electron chi connectivity index (χ0n) is 10.8. The second-order valence-electron chi connectivity index (χ2n) is 3.85. The van der Waals surface area contributed by atoms with Crippen molar-refractivity contribution in [3.05, 3.63) is 48.5 Å². The van der Waals surface area contributed by atoms with Crippen LogP contribution in [0.25, 0.3) is 0 Å². The summed E-state index contributed by atoms with van der Waals surface area (Å²) in [5.41, 5.74) is 6.23. The highest BCUT2D eigenvalue weighted by Gasteiger charge is 2.01. The molecular formula is C15H19NO2. The molecular weight excluding hydrogens is 226 g/mol. The Hall–Kier alpha value is -2.16. The standard InChI is InChI=1S/C12H11NO2.C3H8/c13-9-5-7-10(8-6-9)15-12-4-2-1-3-11(12)14;1-3-2/h1-8,14H,13H2;3H2,1-2H3. The predicted molar refractivity (Wildman–Crippen MR) is 75.0 cm³/mol. The number of aromatic hydroxyl groups is 1. The molecule has 2 rings (SSSR count). The van der Waals surface area contributed by atoms with Crippen LogP contribution in [0.2, 0.25) is 0 Å². The average Bonchev–Trinajstić information content (AvgIpc) is 2.36. The zero-order chi connectivity index (χ0) is 13.4. The molecule has 0 aliphatic rings. The molecule has 0 saturated heterocycles. The third-order valence-corrected chi connectivity index (χ3v) is 1.97. The number of nitrogens with two attached hydrogens (primary N) is 1. The smallest absolute Gasteiger partial charge is 0.169 e. The highest BCUT2D eigenvalue weighted by atomic mass is 16.5. The zero-order valence-corrected chi connectivity index (χ0v) is 10.8. The van der Waals surface area contributed by atoms with Crippen LogP contribution in [0.3, 0.4) is 0 Å². The molecule has 2 aromatic rings. The Balaban J connectivity index is 0.000000492. The number of benzene rings is 2. The van der Waals surface area contributed by atoms with Crippen molar-refractivity contribution < 1.29 is 9.84 Å². The lowest BCUT2D eigenvalue weighted by Gasteiger charge is -2.06. The molecule has 18 heavy (non-hydrogen) atoms. The SMILES string of the molecule is CCC.Nc1ccc(Oc2ccccc2O)cc1. The van der Waals surface area contributed by atoms with Gasteiger partial charge in [0.05, 0.1) is 0 Å². The highest BCUT2D eigenvalue weighted by Crippen LogP contribution is 2.29. The lowest BCUT2D eigenvalue weighted by atomic mass is 10.3. The fraction of sp³-hybridized carbons (Fsp3) is 0.200. The van der Waals surface area contributed by atoms with Crippen LogP contribution in [0.15, 0.2) is 48.5 Å². The number of hydrogen-bond acceptors (Lipinski definition) is 3. The van der Waals surface area contributed by atoms with Gasteiger partial charge in [0.1, 0.15) is 5.75 Å². The van der Waals surface area contributed by atoms with Gasteiger partial charge in [-0.05, 0) is 36.4 Å². The van der Waals surface area contributed by atoms with E-state index in [9.17, 15) is 5.11 Å². The minimum absolute atomic E-state index is 0.120. The molecule has 3 nitrogen and oxygen atoms in total. The summed E-state index contributed by atoms with van der Waals surface area (Å²) in [6.45, 7) is 4.25. The number of phenolic OH excluding ortho intramolecular Hbond substituents is 1. The quantitative estimate of drug-likeness (QED) is 0.780. The van der Waals surface area contributed by atoms with Gasteiger partial charge in [0.25, 0.3) is 0 Å². The summed E-state index contributed by atoms with van der Waals surface area (Å²) in [7, 11) is 0. The van der Waals surface area contributed by atoms with Gasteiger partial charge in [0, 0.05) is 5.69 Å². The minimum atomic E-state index is 0.120. The van der Waals surface area contributed by atoms with Gasteiger partial charge in [0.2, 0.25) is 0 Å². The molecule has 0 aromatic heterocycles. The van der Waals surface area contributed by atoms with E-state index in [2.05, 4.69) is 13.8 Å². The largest absolute Gasteiger partial charge is 0.504 e. The molecule has 0 unspecified atom stereocenters. The Kier molecular flexibility index (Phi) is 5.58. The fourth-order valence-corrected chi connectivity index (χ4v) is 1.21. The number of hydrogen-bond donors (Lipinski definition) is 2. The first kappa shape index (κ1) is 13.9. The van der Waals surface area contributed by atoms with E-state index in [0.717, 1.165) is 0 Å². The summed E-state index contributed by atoms with van der Waals surface area (Å²) < 4.78 is 5.46. The summed E-state index contributed by atoms with van der Waals surface area (Å²) in [6, 6.07) is 13.8. The summed E-state index contributed by atoms with van der Waals surface area (Å²) in [5.74, 6) is 1.20. The Morgan fingerprint density at radius 3 is 2.11 bits per heavy atom. The van der Waals surface area contributed by atoms with Crippen molar-refractivity contribution in [2.24, 2.45) is 0 Å². The van der Waals surface area contributed by atoms with Crippen LogP contribution in [0, 0.1) is 0 Å². The van der Waals surface area contributed by atoms with Gasteiger partial charge in [-0.25, -0.2) is 0 Å². The van der Waals surface area contributed by atoms with Gasteiger partial charge in [0.15, 0.2) is 11.5 Å². The van der Waals surface area contributed by atoms with Gasteiger partial charge in [-0.1, -0.05) is 32.4 Å². The number of nitrogen functional groups attached to an aromatic ring is 1. The molecule has 96 valence electrons. The predicted octanol–water partition coefficient (Wildman–Crippen LogP) is 4.18. The summed E-state index contributed by atoms with van der Waals surface area (Å²) in [5, 5.41) is 9.48. The van der Waals surface area contributed by atoms with Crippen LogP contribution < -0.4 is 10.5 Å². The number of ether oxygens (including phenoxy) is 1. The molecule has 0 bridgehead atoms. The van der Waals surface area contributed by atoms with E-state index in [1.165, 1.54) is 6.42 Å². The normalized spacial score (nSPS) is 9.22. The van der Waals surface area contributed by atoms with Crippen LogP contribution in [-0.2, 0) is 0 Å². The van der Waals surface area contributed by atoms with E-state index in [0.29, 0.717) is 17.2 Å². The molecule has 0 atom stereocenters. The van der Waals surface area contributed by atoms with E-state index in [-0.39, 0.29) is 5.75 Å². The van der Waals surface area contributed by atoms with Crippen molar-refractivity contribution in [3.8, 4) is 17.2 Å². The minimum Gasteiger partial charge on any atom is -0.504 e. The first-order chi connectivity index (χ1) is 8.67. The molecule has 0 radical (unpaired) electrons. The number of anilines is 1. The first-order valence-corrected chi connectivity index (χ1v) is 5.98. The molecule has 3 N–H and O–H groups in total. The Labute approximate surface area is 108 Å². The third-order valence-electron chi connectivity index (χ3n) is 1.97. The maximum Gasteiger partial charge on any atom is 0.169 e. The molecule has 0 amide bonds. The van der Waals surface area contributed by atoms with Gasteiger partial charge in [-0.15, -0.1) is 0 Å². The van der Waals surface area contributed by atoms with Crippen molar-refractivity contribution >= 4 is 5.69 Å². The third kappa shape index (κ3) is 4.37. The van der Waals surface area contributed by atoms with Crippen molar-refractivity contribution in [1.29, 1.82) is 0 Å². The molecule has 0 aliphatic carbocycles. The van der Waals surface area contributed by atoms with Crippen molar-refractivity contribution in [1.82, 2.24) is 0 Å². The van der Waals surface area contributed by atoms with Crippen LogP contribution in [-0.4, -0.2) is 5.11 Å². The second-order valence-corrected chi connectivity index (χ2v) is 3.85. The van der Waals surface area contributed by atoms with Crippen LogP contribution >= 0.6 is 0 Å². The second kappa shape index (κ2) is 7.22. The summed E-state index contributed by atoms with van der Waals surface area (Å²) in [6.07, 6.45) is 1.25. The lowest BCUT2D eigenvalue weighted by Crippen LogP contribution is -1.86. The van der Waals surface area contributed by atoms with Crippen LogP contribution in [0.5, 0.6) is 17.2 Å². The Morgan fingerprint density at radius 1 is 1.00 bits per heavy atom. The summed E-state index contributed by atoms with van der Waals surface area (Å²) in [4.78, 5) is 0. The maximum absolute atomic E-state index is 9.48. The fourth-order valence-electron chi connectivity index (χ4n) is 1.21. The number of para-hydroxylation sites is 2. The number of rotatable bonds is 2. The van der Waals surface area contributed by atoms with E-state index in [4.69, 9.17) is 10.5 Å². The van der Waals surface area contributed by atoms with Gasteiger partial charge in [-0.3, -0.25) is 0 Å². The first-order valence-electron chi connectivity index (χ1n) is 5.98.